The molecule has 2 aliphatic rings. The van der Waals surface area contributed by atoms with Gasteiger partial charge in [-0.2, -0.15) is 0 Å². The van der Waals surface area contributed by atoms with Crippen molar-refractivity contribution in [3.8, 4) is 23.0 Å². The molecule has 2 aromatic rings. The number of fused-ring (bicyclic) bond motifs is 1. The number of carbonyl (C=O) groups excluding carboxylic acids is 1. The highest BCUT2D eigenvalue weighted by atomic mass is 16.7. The molecule has 0 aromatic heterocycles. The summed E-state index contributed by atoms with van der Waals surface area (Å²) in [7, 11) is 0. The summed E-state index contributed by atoms with van der Waals surface area (Å²) in [5.41, 5.74) is 0.244. The Morgan fingerprint density at radius 2 is 1.66 bits per heavy atom. The van der Waals surface area contributed by atoms with E-state index in [0.29, 0.717) is 5.56 Å². The van der Waals surface area contributed by atoms with Crippen LogP contribution in [-0.2, 0) is 11.2 Å². The zero-order chi connectivity index (χ0) is 23.2. The van der Waals surface area contributed by atoms with Gasteiger partial charge in [-0.3, -0.25) is 4.79 Å². The Morgan fingerprint density at radius 3 is 2.31 bits per heavy atom. The summed E-state index contributed by atoms with van der Waals surface area (Å²) in [6.45, 7) is -0.683. The molecule has 0 amide bonds. The molecule has 11 heteroatoms. The summed E-state index contributed by atoms with van der Waals surface area (Å²) in [5.74, 6) is -4.10. The van der Waals surface area contributed by atoms with Crippen molar-refractivity contribution in [1.29, 1.82) is 0 Å². The highest BCUT2D eigenvalue weighted by Gasteiger charge is 2.50. The molecule has 6 atom stereocenters. The number of carbonyl (C=O) groups is 1. The Hall–Kier alpha value is -2.93. The number of aromatic hydroxyl groups is 2. The lowest BCUT2D eigenvalue weighted by atomic mass is 9.97. The summed E-state index contributed by atoms with van der Waals surface area (Å²) < 4.78 is 16.2. The quantitative estimate of drug-likeness (QED) is 0.289. The van der Waals surface area contributed by atoms with Gasteiger partial charge in [0.2, 0.25) is 12.1 Å². The molecule has 1 fully saturated rings. The average Bonchev–Trinajstić information content (AvgIpc) is 2.99. The van der Waals surface area contributed by atoms with Crippen molar-refractivity contribution in [2.45, 2.75) is 42.9 Å². The zero-order valence-corrected chi connectivity index (χ0v) is 16.5. The van der Waals surface area contributed by atoms with Gasteiger partial charge in [0.15, 0.2) is 0 Å². The van der Waals surface area contributed by atoms with Crippen molar-refractivity contribution >= 4 is 5.78 Å². The van der Waals surface area contributed by atoms with E-state index in [9.17, 15) is 40.5 Å². The minimum Gasteiger partial charge on any atom is -0.508 e. The second-order valence-electron chi connectivity index (χ2n) is 7.69. The van der Waals surface area contributed by atoms with Crippen molar-refractivity contribution in [3.63, 3.8) is 0 Å². The van der Waals surface area contributed by atoms with Gasteiger partial charge in [-0.25, -0.2) is 0 Å². The van der Waals surface area contributed by atoms with Crippen molar-refractivity contribution in [2.24, 2.45) is 0 Å². The van der Waals surface area contributed by atoms with Crippen molar-refractivity contribution < 1.29 is 54.8 Å². The molecule has 7 N–H and O–H groups in total. The Bertz CT molecular complexity index is 1010. The van der Waals surface area contributed by atoms with E-state index in [4.69, 9.17) is 14.2 Å². The Labute approximate surface area is 181 Å². The molecule has 0 aliphatic carbocycles. The first-order chi connectivity index (χ1) is 15.1. The normalized spacial score (nSPS) is 31.8. The van der Waals surface area contributed by atoms with Gasteiger partial charge in [-0.05, 0) is 17.7 Å². The predicted molar refractivity (Wildman–Crippen MR) is 104 cm³/mol. The number of benzene rings is 2. The lowest BCUT2D eigenvalue weighted by Gasteiger charge is -2.39. The van der Waals surface area contributed by atoms with Crippen molar-refractivity contribution in [3.05, 3.63) is 47.5 Å². The molecule has 0 radical (unpaired) electrons. The van der Waals surface area contributed by atoms with E-state index in [-0.39, 0.29) is 35.0 Å². The fourth-order valence-electron chi connectivity index (χ4n) is 3.69. The molecule has 4 rings (SSSR count). The van der Waals surface area contributed by atoms with Crippen LogP contribution in [0.15, 0.2) is 36.4 Å². The molecular weight excluding hydrogens is 428 g/mol. The number of ketones is 1. The molecule has 0 saturated carbocycles. The number of aliphatic hydroxyl groups is 5. The summed E-state index contributed by atoms with van der Waals surface area (Å²) in [6, 6.07) is 7.89. The number of hydrogen-bond donors (Lipinski definition) is 7. The molecule has 172 valence electrons. The van der Waals surface area contributed by atoms with E-state index in [1.807, 2.05) is 0 Å². The van der Waals surface area contributed by atoms with E-state index in [0.717, 1.165) is 12.1 Å². The van der Waals surface area contributed by atoms with Crippen LogP contribution >= 0.6 is 0 Å². The van der Waals surface area contributed by atoms with Gasteiger partial charge in [-0.1, -0.05) is 12.1 Å². The average molecular weight is 450 g/mol. The zero-order valence-electron chi connectivity index (χ0n) is 16.5. The van der Waals surface area contributed by atoms with Gasteiger partial charge in [0.25, 0.3) is 5.79 Å². The lowest BCUT2D eigenvalue weighted by Crippen LogP contribution is -2.60. The molecule has 0 spiro atoms. The Balaban J connectivity index is 1.63. The number of hydrogen-bond acceptors (Lipinski definition) is 11. The maximum Gasteiger partial charge on any atom is 0.277 e. The van der Waals surface area contributed by atoms with E-state index in [1.54, 1.807) is 0 Å². The SMILES string of the molecule is O=C1c2c(O[C@H]3O[C@H](CO)[C@@H](O)[C@H](O)[C@H]3O)cc(O)cc2O[C@]1(O)Cc1ccc(O)cc1. The second-order valence-corrected chi connectivity index (χ2v) is 7.69. The molecule has 32 heavy (non-hydrogen) atoms. The molecular formula is C21H22O11. The maximum absolute atomic E-state index is 13.1. The largest absolute Gasteiger partial charge is 0.508 e. The number of Topliss-reactive ketones (excluding diaryl/α,β-unsaturated/α-hetero) is 1. The number of phenols is 2. The molecule has 11 nitrogen and oxygen atoms in total. The van der Waals surface area contributed by atoms with Crippen molar-refractivity contribution in [1.82, 2.24) is 0 Å². The third kappa shape index (κ3) is 3.86. The first-order valence-electron chi connectivity index (χ1n) is 9.71. The Morgan fingerprint density at radius 1 is 0.969 bits per heavy atom. The highest BCUT2D eigenvalue weighted by molar-refractivity contribution is 6.09. The summed E-state index contributed by atoms with van der Waals surface area (Å²) in [5, 5.41) is 69.7. The first-order valence-corrected chi connectivity index (χ1v) is 9.71. The topological polar surface area (TPSA) is 186 Å². The lowest BCUT2D eigenvalue weighted by molar-refractivity contribution is -0.277. The van der Waals surface area contributed by atoms with E-state index in [2.05, 4.69) is 0 Å². The molecule has 0 unspecified atom stereocenters. The molecule has 2 aromatic carbocycles. The number of phenolic OH excluding ortho intramolecular Hbond substituents is 2. The van der Waals surface area contributed by atoms with Crippen LogP contribution in [0.4, 0.5) is 0 Å². The second kappa shape index (κ2) is 8.20. The Kier molecular flexibility index (Phi) is 5.71. The van der Waals surface area contributed by atoms with Crippen LogP contribution in [0.25, 0.3) is 0 Å². The summed E-state index contributed by atoms with van der Waals surface area (Å²) >= 11 is 0. The highest BCUT2D eigenvalue weighted by Crippen LogP contribution is 2.44. The van der Waals surface area contributed by atoms with Crippen molar-refractivity contribution in [2.75, 3.05) is 6.61 Å². The molecule has 2 heterocycles. The van der Waals surface area contributed by atoms with Crippen LogP contribution in [0.1, 0.15) is 15.9 Å². The minimum atomic E-state index is -2.33. The van der Waals surface area contributed by atoms with Gasteiger partial charge in [0, 0.05) is 18.6 Å². The molecule has 1 saturated heterocycles. The van der Waals surface area contributed by atoms with E-state index < -0.39 is 48.9 Å². The third-order valence-electron chi connectivity index (χ3n) is 5.38. The predicted octanol–water partition coefficient (Wildman–Crippen LogP) is -1.22. The smallest absolute Gasteiger partial charge is 0.277 e. The van der Waals surface area contributed by atoms with Crippen LogP contribution in [-0.4, -0.2) is 84.6 Å². The van der Waals surface area contributed by atoms with Crippen LogP contribution in [0.3, 0.4) is 0 Å². The molecule has 2 aliphatic heterocycles. The van der Waals surface area contributed by atoms with Gasteiger partial charge < -0.3 is 50.0 Å². The van der Waals surface area contributed by atoms with Crippen LogP contribution in [0, 0.1) is 0 Å². The monoisotopic (exact) mass is 450 g/mol. The molecule has 0 bridgehead atoms. The van der Waals surface area contributed by atoms with Crippen LogP contribution < -0.4 is 9.47 Å². The number of ether oxygens (including phenoxy) is 3. The van der Waals surface area contributed by atoms with E-state index in [1.165, 1.54) is 24.3 Å². The first kappa shape index (κ1) is 22.3. The van der Waals surface area contributed by atoms with Gasteiger partial charge in [0.1, 0.15) is 53.0 Å². The standard InChI is InChI=1S/C21H22O11/c22-8-14-16(25)17(26)18(27)20(31-14)30-12-5-11(24)6-13-15(12)19(28)21(29,32-13)7-9-1-3-10(23)4-2-9/h1-6,14,16-18,20,22-27,29H,7-8H2/t14-,16-,17+,18-,20+,21-/m1/s1. The fraction of sp³-hybridized carbons (Fsp3) is 0.381. The van der Waals surface area contributed by atoms with Crippen LogP contribution in [0.5, 0.6) is 23.0 Å². The third-order valence-corrected chi connectivity index (χ3v) is 5.38. The summed E-state index contributed by atoms with van der Waals surface area (Å²) in [4.78, 5) is 13.1. The van der Waals surface area contributed by atoms with Crippen LogP contribution in [0.2, 0.25) is 0 Å². The minimum absolute atomic E-state index is 0.00262. The maximum atomic E-state index is 13.1. The fourth-order valence-corrected chi connectivity index (χ4v) is 3.69. The van der Waals surface area contributed by atoms with E-state index >= 15 is 0 Å². The van der Waals surface area contributed by atoms with Gasteiger partial charge >= 0.3 is 0 Å². The van der Waals surface area contributed by atoms with Gasteiger partial charge in [0.05, 0.1) is 6.61 Å². The number of aliphatic hydroxyl groups excluding tert-OH is 4. The van der Waals surface area contributed by atoms with Gasteiger partial charge in [-0.15, -0.1) is 0 Å². The summed E-state index contributed by atoms with van der Waals surface area (Å²) in [6.07, 6.45) is -8.21. The number of rotatable bonds is 5.